The highest BCUT2D eigenvalue weighted by molar-refractivity contribution is 7.76. The van der Waals surface area contributed by atoms with Crippen molar-refractivity contribution in [3.8, 4) is 11.3 Å². The second kappa shape index (κ2) is 9.40. The fraction of sp³-hybridized carbons (Fsp3) is 0.318. The molecule has 4 aromatic rings. The van der Waals surface area contributed by atoms with Crippen molar-refractivity contribution in [2.24, 2.45) is 0 Å². The van der Waals surface area contributed by atoms with Crippen LogP contribution in [0.1, 0.15) is 24.4 Å². The van der Waals surface area contributed by atoms with Gasteiger partial charge in [-0.05, 0) is 50.7 Å². The zero-order valence-electron chi connectivity index (χ0n) is 18.2. The van der Waals surface area contributed by atoms with E-state index in [0.29, 0.717) is 12.0 Å². The summed E-state index contributed by atoms with van der Waals surface area (Å²) in [6.45, 7) is 2.28. The van der Waals surface area contributed by atoms with Crippen LogP contribution in [0.15, 0.2) is 55.0 Å². The number of piperidine rings is 1. The van der Waals surface area contributed by atoms with Crippen LogP contribution in [0.5, 0.6) is 0 Å². The number of fused-ring (bicyclic) bond motifs is 1. The topological polar surface area (TPSA) is 115 Å². The fourth-order valence-corrected chi connectivity index (χ4v) is 4.41. The monoisotopic (exact) mass is 465 g/mol. The van der Waals surface area contributed by atoms with E-state index < -0.39 is 11.3 Å². The van der Waals surface area contributed by atoms with Crippen molar-refractivity contribution in [3.05, 3.63) is 60.6 Å². The molecule has 0 aliphatic carbocycles. The van der Waals surface area contributed by atoms with Crippen LogP contribution in [0.3, 0.4) is 0 Å². The van der Waals surface area contributed by atoms with Crippen molar-refractivity contribution in [1.29, 1.82) is 0 Å². The van der Waals surface area contributed by atoms with Gasteiger partial charge in [0.2, 0.25) is 5.95 Å². The van der Waals surface area contributed by atoms with Crippen molar-refractivity contribution in [1.82, 2.24) is 34.0 Å². The Morgan fingerprint density at radius 3 is 2.85 bits per heavy atom. The molecule has 2 N–H and O–H groups in total. The second-order valence-corrected chi connectivity index (χ2v) is 9.17. The van der Waals surface area contributed by atoms with Crippen LogP contribution in [0.25, 0.3) is 16.8 Å². The summed E-state index contributed by atoms with van der Waals surface area (Å²) < 4.78 is 27.7. The Balaban J connectivity index is 1.42. The van der Waals surface area contributed by atoms with Crippen molar-refractivity contribution in [3.63, 3.8) is 0 Å². The molecule has 1 fully saturated rings. The lowest BCUT2D eigenvalue weighted by Crippen LogP contribution is -2.29. The zero-order chi connectivity index (χ0) is 22.8. The molecule has 4 heterocycles. The molecule has 0 spiro atoms. The van der Waals surface area contributed by atoms with Gasteiger partial charge in [-0.2, -0.15) is 5.10 Å². The van der Waals surface area contributed by atoms with Gasteiger partial charge in [0, 0.05) is 29.6 Å². The highest BCUT2D eigenvalue weighted by Crippen LogP contribution is 2.27. The summed E-state index contributed by atoms with van der Waals surface area (Å²) in [6.07, 6.45) is 7.67. The minimum absolute atomic E-state index is 0.269. The lowest BCUT2D eigenvalue weighted by molar-refractivity contribution is 0.343. The smallest absolute Gasteiger partial charge is 0.245 e. The van der Waals surface area contributed by atoms with Crippen LogP contribution in [0, 0.1) is 0 Å². The van der Waals surface area contributed by atoms with E-state index in [4.69, 9.17) is 5.10 Å². The van der Waals surface area contributed by atoms with E-state index in [2.05, 4.69) is 20.7 Å². The van der Waals surface area contributed by atoms with Gasteiger partial charge in [0.1, 0.15) is 0 Å². The minimum atomic E-state index is -2.29. The normalized spacial score (nSPS) is 15.8. The number of hydrogen-bond acceptors (Lipinski definition) is 7. The van der Waals surface area contributed by atoms with E-state index in [0.717, 1.165) is 54.0 Å². The van der Waals surface area contributed by atoms with Crippen LogP contribution in [-0.2, 0) is 17.8 Å². The van der Waals surface area contributed by atoms with Crippen LogP contribution in [0.4, 0.5) is 11.6 Å². The van der Waals surface area contributed by atoms with Gasteiger partial charge in [-0.25, -0.2) is 13.8 Å². The van der Waals surface area contributed by atoms with Gasteiger partial charge in [0.25, 0.3) is 0 Å². The van der Waals surface area contributed by atoms with Crippen molar-refractivity contribution < 1.29 is 8.76 Å². The summed E-state index contributed by atoms with van der Waals surface area (Å²) in [7, 11) is 1.55. The summed E-state index contributed by atoms with van der Waals surface area (Å²) in [6, 6.07) is 12.0. The molecule has 5 rings (SSSR count). The first-order valence-corrected chi connectivity index (χ1v) is 11.9. The average Bonchev–Trinajstić information content (AvgIpc) is 3.47. The number of benzene rings is 1. The predicted octanol–water partition coefficient (Wildman–Crippen LogP) is 2.49. The number of aromatic nitrogens is 5. The van der Waals surface area contributed by atoms with Gasteiger partial charge in [-0.3, -0.25) is 8.89 Å². The third kappa shape index (κ3) is 4.67. The number of hydrogen-bond donors (Lipinski definition) is 2. The molecule has 1 unspecified atom stereocenters. The Morgan fingerprint density at radius 2 is 2.03 bits per heavy atom. The van der Waals surface area contributed by atoms with E-state index in [1.54, 1.807) is 19.4 Å². The van der Waals surface area contributed by atoms with Gasteiger partial charge >= 0.3 is 0 Å². The molecule has 0 saturated carbocycles. The Morgan fingerprint density at radius 1 is 1.21 bits per heavy atom. The van der Waals surface area contributed by atoms with Crippen molar-refractivity contribution >= 4 is 28.4 Å². The molecule has 1 aromatic carbocycles. The van der Waals surface area contributed by atoms with Gasteiger partial charge in [-0.1, -0.05) is 24.3 Å². The van der Waals surface area contributed by atoms with Crippen molar-refractivity contribution in [2.75, 3.05) is 25.5 Å². The third-order valence-electron chi connectivity index (χ3n) is 5.88. The molecule has 1 aliphatic rings. The molecular weight excluding hydrogens is 440 g/mol. The summed E-state index contributed by atoms with van der Waals surface area (Å²) >= 11 is -2.29. The SMILES string of the molecule is CN(Cc1ccccc1-c1ccc2cnc(Nc3cnn(C4CCNCC4)c3)nn12)S(=O)[O-]. The lowest BCUT2D eigenvalue weighted by Gasteiger charge is -2.22. The number of anilines is 2. The summed E-state index contributed by atoms with van der Waals surface area (Å²) in [5.41, 5.74) is 4.35. The quantitative estimate of drug-likeness (QED) is 0.403. The van der Waals surface area contributed by atoms with E-state index in [-0.39, 0.29) is 6.54 Å². The van der Waals surface area contributed by atoms with Crippen LogP contribution < -0.4 is 10.6 Å². The standard InChI is InChI=1S/C22H26N8O2S/c1-28(33(31)32)14-16-4-2-3-5-20(16)21-7-6-19-13-24-22(27-30(19)21)26-17-12-25-29(15-17)18-8-10-23-11-9-18/h2-7,12-13,15,18,23H,8-11,14H2,1H3,(H,26,27)(H,31,32)/p-1. The average molecular weight is 466 g/mol. The Hall–Kier alpha value is -3.12. The summed E-state index contributed by atoms with van der Waals surface area (Å²) in [5.74, 6) is 0.458. The zero-order valence-corrected chi connectivity index (χ0v) is 19.0. The Bertz CT molecular complexity index is 1280. The largest absolute Gasteiger partial charge is 0.760 e. The van der Waals surface area contributed by atoms with Crippen molar-refractivity contribution in [2.45, 2.75) is 25.4 Å². The van der Waals surface area contributed by atoms with Gasteiger partial charge in [0.05, 0.1) is 35.3 Å². The number of nitrogens with zero attached hydrogens (tertiary/aromatic N) is 6. The van der Waals surface area contributed by atoms with Gasteiger partial charge in [-0.15, -0.1) is 5.10 Å². The highest BCUT2D eigenvalue weighted by Gasteiger charge is 2.16. The second-order valence-electron chi connectivity index (χ2n) is 8.11. The molecule has 0 radical (unpaired) electrons. The molecule has 1 atom stereocenters. The highest BCUT2D eigenvalue weighted by atomic mass is 32.2. The molecule has 0 amide bonds. The molecule has 0 bridgehead atoms. The van der Waals surface area contributed by atoms with Gasteiger partial charge in [0.15, 0.2) is 0 Å². The first-order chi connectivity index (χ1) is 16.1. The number of nitrogens with one attached hydrogen (secondary N) is 2. The van der Waals surface area contributed by atoms with Crippen LogP contribution in [0.2, 0.25) is 0 Å². The molecule has 1 saturated heterocycles. The van der Waals surface area contributed by atoms with E-state index >= 15 is 0 Å². The Kier molecular flexibility index (Phi) is 6.18. The maximum absolute atomic E-state index is 11.3. The Labute approximate surface area is 194 Å². The predicted molar refractivity (Wildman–Crippen MR) is 125 cm³/mol. The van der Waals surface area contributed by atoms with E-state index in [1.165, 1.54) is 4.31 Å². The molecule has 1 aliphatic heterocycles. The summed E-state index contributed by atoms with van der Waals surface area (Å²) in [5, 5.41) is 15.8. The van der Waals surface area contributed by atoms with E-state index in [9.17, 15) is 8.76 Å². The van der Waals surface area contributed by atoms with Crippen LogP contribution in [-0.4, -0.2) is 57.6 Å². The molecule has 33 heavy (non-hydrogen) atoms. The number of rotatable bonds is 7. The molecule has 172 valence electrons. The maximum Gasteiger partial charge on any atom is 0.245 e. The van der Waals surface area contributed by atoms with Crippen LogP contribution >= 0.6 is 0 Å². The first-order valence-electron chi connectivity index (χ1n) is 10.8. The fourth-order valence-electron chi connectivity index (χ4n) is 4.17. The molecule has 10 nitrogen and oxygen atoms in total. The molecule has 11 heteroatoms. The third-order valence-corrected chi connectivity index (χ3v) is 6.52. The lowest BCUT2D eigenvalue weighted by atomic mass is 10.0. The molecule has 3 aromatic heterocycles. The van der Waals surface area contributed by atoms with Gasteiger partial charge < -0.3 is 15.2 Å². The minimum Gasteiger partial charge on any atom is -0.760 e. The van der Waals surface area contributed by atoms with E-state index in [1.807, 2.05) is 51.8 Å². The summed E-state index contributed by atoms with van der Waals surface area (Å²) in [4.78, 5) is 4.45. The maximum atomic E-state index is 11.3. The molecular formula is C22H25N8O2S-. The first kappa shape index (κ1) is 21.7.